The number of fused-ring (bicyclic) bond motifs is 1. The van der Waals surface area contributed by atoms with Gasteiger partial charge >= 0.3 is 5.97 Å². The van der Waals surface area contributed by atoms with Crippen LogP contribution in [0.5, 0.6) is 5.75 Å². The fraction of sp³-hybridized carbons (Fsp3) is 0.263. The number of carbonyl (C=O) groups excluding carboxylic acids is 1. The summed E-state index contributed by atoms with van der Waals surface area (Å²) in [6, 6.07) is 13.4. The molecule has 124 valence electrons. The Kier molecular flexibility index (Phi) is 6.35. The maximum absolute atomic E-state index is 12.0. The van der Waals surface area contributed by atoms with Crippen LogP contribution in [0.15, 0.2) is 42.0 Å². The minimum atomic E-state index is -0.676. The van der Waals surface area contributed by atoms with Gasteiger partial charge in [0, 0.05) is 12.7 Å². The van der Waals surface area contributed by atoms with Crippen LogP contribution in [-0.2, 0) is 14.3 Å². The van der Waals surface area contributed by atoms with Crippen molar-refractivity contribution >= 4 is 22.8 Å². The Morgan fingerprint density at radius 3 is 2.71 bits per heavy atom. The molecule has 0 amide bonds. The number of hydrogen-bond donors (Lipinski definition) is 0. The fourth-order valence-corrected chi connectivity index (χ4v) is 2.28. The highest BCUT2D eigenvalue weighted by atomic mass is 16.6. The van der Waals surface area contributed by atoms with Gasteiger partial charge in [-0.25, -0.2) is 4.79 Å². The molecular formula is C19H19NO4. The van der Waals surface area contributed by atoms with Crippen LogP contribution in [0, 0.1) is 11.3 Å². The zero-order chi connectivity index (χ0) is 17.4. The van der Waals surface area contributed by atoms with Gasteiger partial charge in [0.25, 0.3) is 0 Å². The first-order chi connectivity index (χ1) is 11.7. The molecule has 0 fully saturated rings. The molecule has 0 spiro atoms. The van der Waals surface area contributed by atoms with Crippen LogP contribution in [0.4, 0.5) is 0 Å². The van der Waals surface area contributed by atoms with Crippen molar-refractivity contribution in [2.24, 2.45) is 0 Å². The average molecular weight is 325 g/mol. The molecule has 0 aliphatic carbocycles. The second-order valence-electron chi connectivity index (χ2n) is 4.93. The minimum absolute atomic E-state index is 0.0802. The Morgan fingerprint density at radius 1 is 1.21 bits per heavy atom. The molecule has 0 saturated heterocycles. The molecule has 0 aliphatic rings. The molecule has 0 saturated carbocycles. The SMILES string of the molecule is CCOc1ccc2ccccc2c1/C=C(\C#N)C(=O)OCCOC. The first kappa shape index (κ1) is 17.5. The Balaban J connectivity index is 2.46. The molecular weight excluding hydrogens is 306 g/mol. The smallest absolute Gasteiger partial charge is 0.348 e. The molecule has 0 aliphatic heterocycles. The molecule has 0 N–H and O–H groups in total. The molecule has 0 radical (unpaired) electrons. The zero-order valence-electron chi connectivity index (χ0n) is 13.7. The molecule has 5 nitrogen and oxygen atoms in total. The monoisotopic (exact) mass is 325 g/mol. The zero-order valence-corrected chi connectivity index (χ0v) is 13.7. The summed E-state index contributed by atoms with van der Waals surface area (Å²) in [4.78, 5) is 12.0. The molecule has 0 heterocycles. The van der Waals surface area contributed by atoms with Crippen molar-refractivity contribution in [1.29, 1.82) is 5.26 Å². The second-order valence-corrected chi connectivity index (χ2v) is 4.93. The number of nitriles is 1. The summed E-state index contributed by atoms with van der Waals surface area (Å²) >= 11 is 0. The molecule has 0 unspecified atom stereocenters. The standard InChI is InChI=1S/C19H19NO4/c1-3-23-18-9-8-14-6-4-5-7-16(14)17(18)12-15(13-20)19(21)24-11-10-22-2/h4-9,12H,3,10-11H2,1-2H3/b15-12+. The molecule has 2 aromatic rings. The third-order valence-electron chi connectivity index (χ3n) is 3.38. The number of methoxy groups -OCH3 is 1. The van der Waals surface area contributed by atoms with E-state index in [9.17, 15) is 10.1 Å². The molecule has 0 atom stereocenters. The van der Waals surface area contributed by atoms with Gasteiger partial charge in [0.15, 0.2) is 0 Å². The molecule has 0 aromatic heterocycles. The Bertz CT molecular complexity index is 790. The number of rotatable bonds is 7. The largest absolute Gasteiger partial charge is 0.493 e. The van der Waals surface area contributed by atoms with E-state index in [1.54, 1.807) is 0 Å². The van der Waals surface area contributed by atoms with E-state index < -0.39 is 5.97 Å². The van der Waals surface area contributed by atoms with Crippen molar-refractivity contribution in [2.75, 3.05) is 26.9 Å². The summed E-state index contributed by atoms with van der Waals surface area (Å²) in [5.41, 5.74) is 0.610. The predicted octanol–water partition coefficient (Wildman–Crippen LogP) is 3.34. The highest BCUT2D eigenvalue weighted by Crippen LogP contribution is 2.30. The Morgan fingerprint density at radius 2 is 2.00 bits per heavy atom. The Hall–Kier alpha value is -2.84. The average Bonchev–Trinajstić information content (AvgIpc) is 2.61. The highest BCUT2D eigenvalue weighted by Gasteiger charge is 2.14. The van der Waals surface area contributed by atoms with Crippen LogP contribution in [-0.4, -0.2) is 32.9 Å². The summed E-state index contributed by atoms with van der Waals surface area (Å²) in [7, 11) is 1.51. The van der Waals surface area contributed by atoms with Crippen molar-refractivity contribution in [3.63, 3.8) is 0 Å². The number of carbonyl (C=O) groups is 1. The second kappa shape index (κ2) is 8.70. The van der Waals surface area contributed by atoms with E-state index in [2.05, 4.69) is 0 Å². The van der Waals surface area contributed by atoms with E-state index in [0.29, 0.717) is 17.9 Å². The van der Waals surface area contributed by atoms with Gasteiger partial charge in [-0.15, -0.1) is 0 Å². The number of benzene rings is 2. The lowest BCUT2D eigenvalue weighted by Gasteiger charge is -2.11. The van der Waals surface area contributed by atoms with Gasteiger partial charge in [-0.3, -0.25) is 0 Å². The maximum atomic E-state index is 12.0. The van der Waals surface area contributed by atoms with Gasteiger partial charge in [0.2, 0.25) is 0 Å². The van der Waals surface area contributed by atoms with Crippen molar-refractivity contribution in [2.45, 2.75) is 6.92 Å². The summed E-state index contributed by atoms with van der Waals surface area (Å²) < 4.78 is 15.5. The van der Waals surface area contributed by atoms with Crippen molar-refractivity contribution < 1.29 is 19.0 Å². The normalized spacial score (nSPS) is 11.1. The lowest BCUT2D eigenvalue weighted by atomic mass is 10.0. The van der Waals surface area contributed by atoms with E-state index in [0.717, 1.165) is 10.8 Å². The quantitative estimate of drug-likeness (QED) is 0.338. The van der Waals surface area contributed by atoms with Crippen LogP contribution in [0.3, 0.4) is 0 Å². The third-order valence-corrected chi connectivity index (χ3v) is 3.38. The van der Waals surface area contributed by atoms with Crippen molar-refractivity contribution in [1.82, 2.24) is 0 Å². The molecule has 2 aromatic carbocycles. The van der Waals surface area contributed by atoms with Gasteiger partial charge in [0.1, 0.15) is 24.0 Å². The molecule has 5 heteroatoms. The van der Waals surface area contributed by atoms with Crippen LogP contribution >= 0.6 is 0 Å². The summed E-state index contributed by atoms with van der Waals surface area (Å²) in [5.74, 6) is -0.0569. The topological polar surface area (TPSA) is 68.5 Å². The van der Waals surface area contributed by atoms with Gasteiger partial charge in [-0.2, -0.15) is 5.26 Å². The molecule has 0 bridgehead atoms. The number of ether oxygens (including phenoxy) is 3. The fourth-order valence-electron chi connectivity index (χ4n) is 2.28. The van der Waals surface area contributed by atoms with Crippen LogP contribution in [0.1, 0.15) is 12.5 Å². The number of esters is 1. The van der Waals surface area contributed by atoms with Crippen molar-refractivity contribution in [3.8, 4) is 11.8 Å². The predicted molar refractivity (Wildman–Crippen MR) is 91.5 cm³/mol. The lowest BCUT2D eigenvalue weighted by Crippen LogP contribution is -2.11. The Labute approximate surface area is 141 Å². The maximum Gasteiger partial charge on any atom is 0.348 e. The van der Waals surface area contributed by atoms with Crippen LogP contribution in [0.2, 0.25) is 0 Å². The highest BCUT2D eigenvalue weighted by molar-refractivity contribution is 6.02. The number of nitrogens with zero attached hydrogens (tertiary/aromatic N) is 1. The van der Waals surface area contributed by atoms with Crippen LogP contribution in [0.25, 0.3) is 16.8 Å². The van der Waals surface area contributed by atoms with Gasteiger partial charge in [-0.1, -0.05) is 30.3 Å². The third kappa shape index (κ3) is 4.12. The van der Waals surface area contributed by atoms with E-state index in [-0.39, 0.29) is 18.8 Å². The molecule has 2 rings (SSSR count). The summed E-state index contributed by atoms with van der Waals surface area (Å²) in [6.07, 6.45) is 1.52. The first-order valence-electron chi connectivity index (χ1n) is 7.63. The van der Waals surface area contributed by atoms with E-state index in [1.807, 2.05) is 49.4 Å². The lowest BCUT2D eigenvalue weighted by molar-refractivity contribution is -0.139. The minimum Gasteiger partial charge on any atom is -0.493 e. The summed E-state index contributed by atoms with van der Waals surface area (Å²) in [5, 5.41) is 11.2. The number of hydrogen-bond acceptors (Lipinski definition) is 5. The molecule has 24 heavy (non-hydrogen) atoms. The van der Waals surface area contributed by atoms with Gasteiger partial charge in [0.05, 0.1) is 13.2 Å². The van der Waals surface area contributed by atoms with E-state index in [4.69, 9.17) is 14.2 Å². The van der Waals surface area contributed by atoms with Gasteiger partial charge < -0.3 is 14.2 Å². The van der Waals surface area contributed by atoms with Crippen LogP contribution < -0.4 is 4.74 Å². The van der Waals surface area contributed by atoms with E-state index >= 15 is 0 Å². The summed E-state index contributed by atoms with van der Waals surface area (Å²) in [6.45, 7) is 2.75. The van der Waals surface area contributed by atoms with E-state index in [1.165, 1.54) is 13.2 Å². The van der Waals surface area contributed by atoms with Crippen molar-refractivity contribution in [3.05, 3.63) is 47.5 Å². The van der Waals surface area contributed by atoms with Gasteiger partial charge in [-0.05, 0) is 29.8 Å². The first-order valence-corrected chi connectivity index (χ1v) is 7.63.